The van der Waals surface area contributed by atoms with Crippen molar-refractivity contribution in [3.05, 3.63) is 54.4 Å². The van der Waals surface area contributed by atoms with Gasteiger partial charge in [0, 0.05) is 18.9 Å². The molecular formula is C23H32N2O5S. The Kier molecular flexibility index (Phi) is 10.5. The summed E-state index contributed by atoms with van der Waals surface area (Å²) >= 11 is 0. The van der Waals surface area contributed by atoms with Crippen LogP contribution >= 0.6 is 0 Å². The molecule has 0 bridgehead atoms. The van der Waals surface area contributed by atoms with E-state index in [1.807, 2.05) is 18.3 Å². The molecule has 0 saturated heterocycles. The number of ether oxygens (including phenoxy) is 2. The lowest BCUT2D eigenvalue weighted by Gasteiger charge is -2.15. The van der Waals surface area contributed by atoms with Crippen molar-refractivity contribution >= 4 is 16.0 Å². The lowest BCUT2D eigenvalue weighted by molar-refractivity contribution is -0.148. The summed E-state index contributed by atoms with van der Waals surface area (Å²) in [5.41, 5.74) is 1.15. The topological polar surface area (TPSA) is 94.6 Å². The van der Waals surface area contributed by atoms with Gasteiger partial charge in [-0.25, -0.2) is 13.1 Å². The Morgan fingerprint density at radius 2 is 1.84 bits per heavy atom. The Morgan fingerprint density at radius 1 is 1.10 bits per heavy atom. The van der Waals surface area contributed by atoms with Gasteiger partial charge in [-0.1, -0.05) is 12.5 Å². The molecule has 0 aliphatic rings. The van der Waals surface area contributed by atoms with Crippen molar-refractivity contribution in [2.24, 2.45) is 5.92 Å². The fraction of sp³-hybridized carbons (Fsp3) is 0.478. The van der Waals surface area contributed by atoms with E-state index < -0.39 is 10.0 Å². The summed E-state index contributed by atoms with van der Waals surface area (Å²) in [5, 5.41) is 0. The largest absolute Gasteiger partial charge is 0.497 e. The second kappa shape index (κ2) is 13.1. The summed E-state index contributed by atoms with van der Waals surface area (Å²) in [7, 11) is -2.03. The quantitative estimate of drug-likeness (QED) is 0.349. The highest BCUT2D eigenvalue weighted by molar-refractivity contribution is 7.89. The van der Waals surface area contributed by atoms with Crippen LogP contribution in [0, 0.1) is 5.92 Å². The number of sulfonamides is 1. The van der Waals surface area contributed by atoms with Crippen LogP contribution < -0.4 is 9.46 Å². The maximum Gasteiger partial charge on any atom is 0.308 e. The van der Waals surface area contributed by atoms with Crippen LogP contribution in [-0.2, 0) is 26.0 Å². The van der Waals surface area contributed by atoms with E-state index in [4.69, 9.17) is 9.47 Å². The highest BCUT2D eigenvalue weighted by Crippen LogP contribution is 2.19. The zero-order valence-electron chi connectivity index (χ0n) is 18.2. The predicted octanol–water partition coefficient (Wildman–Crippen LogP) is 3.74. The first-order chi connectivity index (χ1) is 15.0. The molecule has 0 aliphatic heterocycles. The van der Waals surface area contributed by atoms with E-state index in [0.717, 1.165) is 31.2 Å². The maximum absolute atomic E-state index is 12.4. The first kappa shape index (κ1) is 24.8. The van der Waals surface area contributed by atoms with Gasteiger partial charge in [-0.05, 0) is 74.9 Å². The lowest BCUT2D eigenvalue weighted by atomic mass is 9.95. The normalized spacial score (nSPS) is 12.3. The van der Waals surface area contributed by atoms with Crippen molar-refractivity contribution in [1.82, 2.24) is 9.71 Å². The van der Waals surface area contributed by atoms with Crippen LogP contribution in [0.5, 0.6) is 5.75 Å². The van der Waals surface area contributed by atoms with Crippen molar-refractivity contribution in [2.45, 2.75) is 50.3 Å². The minimum absolute atomic E-state index is 0.171. The number of aromatic nitrogens is 1. The van der Waals surface area contributed by atoms with Gasteiger partial charge in [0.05, 0.1) is 24.5 Å². The molecule has 1 aromatic heterocycles. The molecule has 0 radical (unpaired) electrons. The third kappa shape index (κ3) is 8.67. The number of rotatable bonds is 14. The number of methoxy groups -OCH3 is 1. The van der Waals surface area contributed by atoms with E-state index in [1.165, 1.54) is 19.2 Å². The molecule has 0 fully saturated rings. The van der Waals surface area contributed by atoms with Crippen LogP contribution in [0.2, 0.25) is 0 Å². The zero-order valence-corrected chi connectivity index (χ0v) is 19.1. The number of esters is 1. The van der Waals surface area contributed by atoms with Gasteiger partial charge in [-0.2, -0.15) is 0 Å². The molecule has 170 valence electrons. The molecule has 2 aromatic rings. The molecule has 1 aromatic carbocycles. The molecule has 2 rings (SSSR count). The number of carbonyl (C=O) groups excluding carboxylic acids is 1. The Bertz CT molecular complexity index is 886. The SMILES string of the molecule is CCOC(=O)C(CCCCNS(=O)(=O)c1ccc(OC)cc1)CCCc1cccnc1. The Balaban J connectivity index is 1.76. The van der Waals surface area contributed by atoms with Gasteiger partial charge in [0.25, 0.3) is 0 Å². The highest BCUT2D eigenvalue weighted by Gasteiger charge is 2.19. The number of hydrogen-bond donors (Lipinski definition) is 1. The summed E-state index contributed by atoms with van der Waals surface area (Å²) in [5.74, 6) is 0.259. The summed E-state index contributed by atoms with van der Waals surface area (Å²) in [4.78, 5) is 16.6. The summed E-state index contributed by atoms with van der Waals surface area (Å²) < 4.78 is 37.6. The van der Waals surface area contributed by atoms with Crippen molar-refractivity contribution in [2.75, 3.05) is 20.3 Å². The van der Waals surface area contributed by atoms with Crippen molar-refractivity contribution in [1.29, 1.82) is 0 Å². The number of carbonyl (C=O) groups is 1. The van der Waals surface area contributed by atoms with E-state index >= 15 is 0 Å². The molecule has 0 amide bonds. The number of unbranched alkanes of at least 4 members (excludes halogenated alkanes) is 1. The molecule has 7 nitrogen and oxygen atoms in total. The van der Waals surface area contributed by atoms with Crippen molar-refractivity contribution in [3.63, 3.8) is 0 Å². The average Bonchev–Trinajstić information content (AvgIpc) is 2.78. The highest BCUT2D eigenvalue weighted by atomic mass is 32.2. The third-order valence-corrected chi connectivity index (χ3v) is 6.48. The Hall–Kier alpha value is -2.45. The first-order valence-electron chi connectivity index (χ1n) is 10.7. The predicted molar refractivity (Wildman–Crippen MR) is 119 cm³/mol. The number of hydrogen-bond acceptors (Lipinski definition) is 6. The standard InChI is InChI=1S/C23H32N2O5S/c1-3-30-23(26)20(11-6-8-19-9-7-16-24-18-19)10-4-5-17-25-31(27,28)22-14-12-21(29-2)13-15-22/h7,9,12-16,18,20,25H,3-6,8,10-11,17H2,1-2H3. The third-order valence-electron chi connectivity index (χ3n) is 5.00. The van der Waals surface area contributed by atoms with E-state index in [0.29, 0.717) is 31.7 Å². The minimum atomic E-state index is -3.56. The van der Waals surface area contributed by atoms with E-state index in [9.17, 15) is 13.2 Å². The minimum Gasteiger partial charge on any atom is -0.497 e. The number of nitrogens with one attached hydrogen (secondary N) is 1. The fourth-order valence-electron chi connectivity index (χ4n) is 3.30. The summed E-state index contributed by atoms with van der Waals surface area (Å²) in [6.45, 7) is 2.48. The van der Waals surface area contributed by atoms with Gasteiger partial charge in [0.1, 0.15) is 5.75 Å². The van der Waals surface area contributed by atoms with Gasteiger partial charge in [0.2, 0.25) is 10.0 Å². The second-order valence-electron chi connectivity index (χ2n) is 7.27. The number of benzene rings is 1. The van der Waals surface area contributed by atoms with Crippen LogP contribution in [0.25, 0.3) is 0 Å². The molecule has 0 saturated carbocycles. The molecule has 1 heterocycles. The van der Waals surface area contributed by atoms with Crippen molar-refractivity contribution < 1.29 is 22.7 Å². The molecule has 0 aliphatic carbocycles. The van der Waals surface area contributed by atoms with Crippen LogP contribution in [0.15, 0.2) is 53.7 Å². The molecule has 8 heteroatoms. The Labute approximate surface area is 185 Å². The fourth-order valence-corrected chi connectivity index (χ4v) is 4.37. The van der Waals surface area contributed by atoms with Gasteiger partial charge >= 0.3 is 5.97 Å². The Morgan fingerprint density at radius 3 is 2.48 bits per heavy atom. The molecule has 31 heavy (non-hydrogen) atoms. The van der Waals surface area contributed by atoms with Crippen LogP contribution in [0.1, 0.15) is 44.6 Å². The maximum atomic E-state index is 12.4. The van der Waals surface area contributed by atoms with E-state index in [-0.39, 0.29) is 16.8 Å². The van der Waals surface area contributed by atoms with Crippen LogP contribution in [0.4, 0.5) is 0 Å². The molecule has 0 spiro atoms. The zero-order chi connectivity index (χ0) is 22.5. The lowest BCUT2D eigenvalue weighted by Crippen LogP contribution is -2.25. The average molecular weight is 449 g/mol. The number of aryl methyl sites for hydroxylation is 1. The molecule has 1 N–H and O–H groups in total. The number of pyridine rings is 1. The summed E-state index contributed by atoms with van der Waals surface area (Å²) in [6, 6.07) is 10.2. The van der Waals surface area contributed by atoms with Crippen molar-refractivity contribution in [3.8, 4) is 5.75 Å². The van der Waals surface area contributed by atoms with Gasteiger partial charge in [-0.15, -0.1) is 0 Å². The van der Waals surface area contributed by atoms with Crippen LogP contribution in [0.3, 0.4) is 0 Å². The summed E-state index contributed by atoms with van der Waals surface area (Å²) in [6.07, 6.45) is 8.13. The van der Waals surface area contributed by atoms with Gasteiger partial charge in [0.15, 0.2) is 0 Å². The van der Waals surface area contributed by atoms with Gasteiger partial charge in [-0.3, -0.25) is 9.78 Å². The number of nitrogens with zero attached hydrogens (tertiary/aromatic N) is 1. The molecule has 1 atom stereocenters. The van der Waals surface area contributed by atoms with E-state index in [2.05, 4.69) is 9.71 Å². The van der Waals surface area contributed by atoms with Gasteiger partial charge < -0.3 is 9.47 Å². The molecule has 1 unspecified atom stereocenters. The first-order valence-corrected chi connectivity index (χ1v) is 12.1. The molecular weight excluding hydrogens is 416 g/mol. The van der Waals surface area contributed by atoms with Crippen LogP contribution in [-0.4, -0.2) is 39.6 Å². The smallest absolute Gasteiger partial charge is 0.308 e. The monoisotopic (exact) mass is 448 g/mol. The van der Waals surface area contributed by atoms with E-state index in [1.54, 1.807) is 25.3 Å². The second-order valence-corrected chi connectivity index (χ2v) is 9.04.